The maximum absolute atomic E-state index is 12.1. The molecule has 0 aliphatic rings. The molecule has 11 heteroatoms. The quantitative estimate of drug-likeness (QED) is 0.640. The van der Waals surface area contributed by atoms with Gasteiger partial charge >= 0.3 is 12.4 Å². The van der Waals surface area contributed by atoms with E-state index in [1.54, 1.807) is 0 Å². The number of anilines is 1. The summed E-state index contributed by atoms with van der Waals surface area (Å²) in [7, 11) is 0. The minimum Gasteiger partial charge on any atom is -0.433 e. The van der Waals surface area contributed by atoms with E-state index in [-0.39, 0.29) is 28.8 Å². The Kier molecular flexibility index (Phi) is 5.06. The molecule has 0 fully saturated rings. The Balaban J connectivity index is 1.99. The van der Waals surface area contributed by atoms with Gasteiger partial charge in [-0.1, -0.05) is 11.6 Å². The van der Waals surface area contributed by atoms with Gasteiger partial charge in [-0.2, -0.15) is 8.78 Å². The maximum Gasteiger partial charge on any atom is 0.387 e. The Labute approximate surface area is 132 Å². The second-order valence-corrected chi connectivity index (χ2v) is 4.64. The van der Waals surface area contributed by atoms with Crippen LogP contribution >= 0.6 is 11.6 Å². The molecule has 0 saturated heterocycles. The number of aromatic nitrogens is 2. The van der Waals surface area contributed by atoms with Gasteiger partial charge < -0.3 is 24.7 Å². The van der Waals surface area contributed by atoms with E-state index < -0.39 is 17.4 Å². The highest BCUT2D eigenvalue weighted by molar-refractivity contribution is 6.32. The van der Waals surface area contributed by atoms with E-state index in [1.807, 2.05) is 0 Å². The summed E-state index contributed by atoms with van der Waals surface area (Å²) in [5.74, 6) is -1.10. The third-order valence-electron chi connectivity index (χ3n) is 2.56. The normalized spacial score (nSPS) is 10.6. The van der Waals surface area contributed by atoms with Crippen LogP contribution in [0.3, 0.4) is 0 Å². The number of rotatable bonds is 6. The predicted octanol–water partition coefficient (Wildman–Crippen LogP) is 2.68. The summed E-state index contributed by atoms with van der Waals surface area (Å²) in [5.41, 5.74) is 0.260. The van der Waals surface area contributed by atoms with Crippen LogP contribution in [0.15, 0.2) is 30.7 Å². The first-order valence-electron chi connectivity index (χ1n) is 6.05. The Morgan fingerprint density at radius 3 is 2.83 bits per heavy atom. The number of hydrogen-bond donors (Lipinski definition) is 1. The second kappa shape index (κ2) is 7.01. The van der Waals surface area contributed by atoms with Gasteiger partial charge in [-0.3, -0.25) is 4.79 Å². The standard InChI is InChI=1S/C12H9ClF2N4O4/c13-8-3-7(1-2-9(8)23-12(14)15)17-11(20)5-18-4-10(16-6-18)19(21)22/h1-4,6,12H,5H2,(H,17,20). The zero-order chi connectivity index (χ0) is 17.0. The minimum absolute atomic E-state index is 0.0960. The molecule has 2 aromatic rings. The van der Waals surface area contributed by atoms with Crippen LogP contribution in [0.5, 0.6) is 5.75 Å². The van der Waals surface area contributed by atoms with Crippen molar-refractivity contribution in [3.8, 4) is 5.75 Å². The Bertz CT molecular complexity index is 738. The number of nitrogens with one attached hydrogen (secondary N) is 1. The number of nitro groups is 1. The fourth-order valence-corrected chi connectivity index (χ4v) is 1.89. The average Bonchev–Trinajstić information content (AvgIpc) is 2.90. The number of nitrogens with zero attached hydrogens (tertiary/aromatic N) is 3. The van der Waals surface area contributed by atoms with Gasteiger partial charge in [-0.05, 0) is 28.1 Å². The topological polar surface area (TPSA) is 99.3 Å². The summed E-state index contributed by atoms with van der Waals surface area (Å²) in [6.45, 7) is -3.22. The molecule has 1 N–H and O–H groups in total. The fraction of sp³-hybridized carbons (Fsp3) is 0.167. The lowest BCUT2D eigenvalue weighted by atomic mass is 10.3. The lowest BCUT2D eigenvalue weighted by molar-refractivity contribution is -0.389. The molecule has 2 rings (SSSR count). The smallest absolute Gasteiger partial charge is 0.387 e. The first-order valence-corrected chi connectivity index (χ1v) is 6.43. The predicted molar refractivity (Wildman–Crippen MR) is 75.6 cm³/mol. The molecule has 23 heavy (non-hydrogen) atoms. The van der Waals surface area contributed by atoms with Crippen molar-refractivity contribution in [1.82, 2.24) is 9.55 Å². The number of imidazole rings is 1. The molecule has 122 valence electrons. The summed E-state index contributed by atoms with van der Waals surface area (Å²) in [6, 6.07) is 3.76. The van der Waals surface area contributed by atoms with E-state index in [0.717, 1.165) is 12.5 Å². The van der Waals surface area contributed by atoms with E-state index in [1.165, 1.54) is 22.8 Å². The summed E-state index contributed by atoms with van der Waals surface area (Å²) < 4.78 is 29.6. The molecule has 0 spiro atoms. The van der Waals surface area contributed by atoms with Crippen LogP contribution in [0.25, 0.3) is 0 Å². The third-order valence-corrected chi connectivity index (χ3v) is 2.86. The van der Waals surface area contributed by atoms with Crippen LogP contribution < -0.4 is 10.1 Å². The highest BCUT2D eigenvalue weighted by Crippen LogP contribution is 2.28. The SMILES string of the molecule is O=C(Cn1cnc([N+](=O)[O-])c1)Nc1ccc(OC(F)F)c(Cl)c1. The average molecular weight is 347 g/mol. The highest BCUT2D eigenvalue weighted by Gasteiger charge is 2.13. The van der Waals surface area contributed by atoms with Crippen molar-refractivity contribution < 1.29 is 23.2 Å². The molecule has 0 saturated carbocycles. The van der Waals surface area contributed by atoms with E-state index in [9.17, 15) is 23.7 Å². The van der Waals surface area contributed by atoms with Crippen molar-refractivity contribution in [2.24, 2.45) is 0 Å². The van der Waals surface area contributed by atoms with Crippen molar-refractivity contribution in [3.05, 3.63) is 45.9 Å². The highest BCUT2D eigenvalue weighted by atomic mass is 35.5. The molecule has 1 amide bonds. The monoisotopic (exact) mass is 346 g/mol. The van der Waals surface area contributed by atoms with Gasteiger partial charge in [-0.15, -0.1) is 0 Å². The van der Waals surface area contributed by atoms with Gasteiger partial charge in [0.15, 0.2) is 0 Å². The van der Waals surface area contributed by atoms with Crippen molar-refractivity contribution in [3.63, 3.8) is 0 Å². The first kappa shape index (κ1) is 16.6. The molecule has 1 heterocycles. The van der Waals surface area contributed by atoms with Crippen molar-refractivity contribution in [2.75, 3.05) is 5.32 Å². The summed E-state index contributed by atoms with van der Waals surface area (Å²) in [5, 5.41) is 12.9. The molecule has 0 unspecified atom stereocenters. The number of benzene rings is 1. The van der Waals surface area contributed by atoms with E-state index >= 15 is 0 Å². The minimum atomic E-state index is -3.01. The van der Waals surface area contributed by atoms with Crippen LogP contribution in [0.2, 0.25) is 5.02 Å². The number of alkyl halides is 2. The Hall–Kier alpha value is -2.75. The number of carbonyl (C=O) groups is 1. The van der Waals surface area contributed by atoms with Gasteiger partial charge in [0, 0.05) is 5.69 Å². The molecule has 8 nitrogen and oxygen atoms in total. The number of hydrogen-bond acceptors (Lipinski definition) is 5. The van der Waals surface area contributed by atoms with Gasteiger partial charge in [0.05, 0.1) is 5.02 Å². The van der Waals surface area contributed by atoms with Crippen molar-refractivity contribution >= 4 is 29.0 Å². The first-order chi connectivity index (χ1) is 10.8. The summed E-state index contributed by atoms with van der Waals surface area (Å²) in [6.07, 6.45) is 2.25. The molecule has 0 radical (unpaired) electrons. The van der Waals surface area contributed by atoms with Crippen LogP contribution in [0, 0.1) is 10.1 Å². The van der Waals surface area contributed by atoms with Crippen molar-refractivity contribution in [1.29, 1.82) is 0 Å². The second-order valence-electron chi connectivity index (χ2n) is 4.23. The van der Waals surface area contributed by atoms with E-state index in [0.29, 0.717) is 0 Å². The van der Waals surface area contributed by atoms with Crippen molar-refractivity contribution in [2.45, 2.75) is 13.2 Å². The van der Waals surface area contributed by atoms with Crippen LogP contribution in [0.1, 0.15) is 0 Å². The van der Waals surface area contributed by atoms with Gasteiger partial charge in [-0.25, -0.2) is 0 Å². The number of carbonyl (C=O) groups excluding carboxylic acids is 1. The molecule has 0 bridgehead atoms. The number of halogens is 3. The molecule has 1 aromatic carbocycles. The lowest BCUT2D eigenvalue weighted by Crippen LogP contribution is -2.17. The molecule has 0 atom stereocenters. The summed E-state index contributed by atoms with van der Waals surface area (Å²) >= 11 is 5.76. The summed E-state index contributed by atoms with van der Waals surface area (Å²) in [4.78, 5) is 25.1. The zero-order valence-corrected chi connectivity index (χ0v) is 12.0. The van der Waals surface area contributed by atoms with Gasteiger partial charge in [0.25, 0.3) is 0 Å². The molecule has 0 aliphatic carbocycles. The van der Waals surface area contributed by atoms with Gasteiger partial charge in [0.1, 0.15) is 18.5 Å². The maximum atomic E-state index is 12.1. The largest absolute Gasteiger partial charge is 0.433 e. The zero-order valence-electron chi connectivity index (χ0n) is 11.3. The third kappa shape index (κ3) is 4.61. The van der Waals surface area contributed by atoms with Gasteiger partial charge in [0.2, 0.25) is 12.2 Å². The van der Waals surface area contributed by atoms with Crippen LogP contribution in [0.4, 0.5) is 20.3 Å². The molecular formula is C12H9ClF2N4O4. The Morgan fingerprint density at radius 2 is 2.26 bits per heavy atom. The fourth-order valence-electron chi connectivity index (χ4n) is 1.67. The van der Waals surface area contributed by atoms with Crippen LogP contribution in [-0.2, 0) is 11.3 Å². The van der Waals surface area contributed by atoms with Crippen LogP contribution in [-0.4, -0.2) is 27.0 Å². The molecule has 0 aliphatic heterocycles. The number of amides is 1. The van der Waals surface area contributed by atoms with E-state index in [4.69, 9.17) is 11.6 Å². The Morgan fingerprint density at radius 1 is 1.52 bits per heavy atom. The lowest BCUT2D eigenvalue weighted by Gasteiger charge is -2.09. The number of ether oxygens (including phenoxy) is 1. The molecule has 1 aromatic heterocycles. The molecular weight excluding hydrogens is 338 g/mol. The van der Waals surface area contributed by atoms with E-state index in [2.05, 4.69) is 15.0 Å².